The minimum Gasteiger partial charge on any atom is -0.394 e. The van der Waals surface area contributed by atoms with Gasteiger partial charge in [0.15, 0.2) is 25.2 Å². The van der Waals surface area contributed by atoms with Crippen molar-refractivity contribution in [1.29, 1.82) is 0 Å². The molecule has 4 heterocycles. The molecule has 0 amide bonds. The van der Waals surface area contributed by atoms with Crippen molar-refractivity contribution in [3.63, 3.8) is 0 Å². The second kappa shape index (κ2) is 15.6. The van der Waals surface area contributed by atoms with Gasteiger partial charge in [-0.25, -0.2) is 0 Å². The summed E-state index contributed by atoms with van der Waals surface area (Å²) in [5.74, 6) is 0. The van der Waals surface area contributed by atoms with Crippen molar-refractivity contribution in [3.05, 3.63) is 0 Å². The first-order valence-electron chi connectivity index (χ1n) is 14.1. The zero-order chi connectivity index (χ0) is 33.3. The number of hydrogen-bond acceptors (Lipinski definition) is 21. The molecular formula is C24H42O21. The molecule has 4 saturated heterocycles. The van der Waals surface area contributed by atoms with Crippen molar-refractivity contribution in [1.82, 2.24) is 0 Å². The summed E-state index contributed by atoms with van der Waals surface area (Å²) in [5, 5.41) is 142. The Hall–Kier alpha value is -0.840. The zero-order valence-electron chi connectivity index (χ0n) is 23.5. The zero-order valence-corrected chi connectivity index (χ0v) is 23.5. The van der Waals surface area contributed by atoms with Gasteiger partial charge in [0.1, 0.15) is 97.7 Å². The molecular weight excluding hydrogens is 624 g/mol. The maximum Gasteiger partial charge on any atom is 0.187 e. The smallest absolute Gasteiger partial charge is 0.187 e. The van der Waals surface area contributed by atoms with Gasteiger partial charge in [0.05, 0.1) is 26.4 Å². The summed E-state index contributed by atoms with van der Waals surface area (Å²) in [6.07, 6.45) is -35.4. The Balaban J connectivity index is 1.45. The summed E-state index contributed by atoms with van der Waals surface area (Å²) in [6, 6.07) is 0. The number of ether oxygens (including phenoxy) is 7. The Morgan fingerprint density at radius 2 is 0.778 bits per heavy atom. The molecule has 0 saturated carbocycles. The van der Waals surface area contributed by atoms with Gasteiger partial charge >= 0.3 is 0 Å². The van der Waals surface area contributed by atoms with Gasteiger partial charge in [-0.3, -0.25) is 0 Å². The van der Waals surface area contributed by atoms with Crippen LogP contribution in [-0.2, 0) is 33.2 Å². The predicted molar refractivity (Wildman–Crippen MR) is 134 cm³/mol. The first-order valence-corrected chi connectivity index (χ1v) is 14.1. The largest absolute Gasteiger partial charge is 0.394 e. The summed E-state index contributed by atoms with van der Waals surface area (Å²) in [4.78, 5) is 0. The Kier molecular flexibility index (Phi) is 12.8. The van der Waals surface area contributed by atoms with Crippen LogP contribution in [0.2, 0.25) is 0 Å². The van der Waals surface area contributed by atoms with Crippen LogP contribution in [0.4, 0.5) is 0 Å². The summed E-state index contributed by atoms with van der Waals surface area (Å²) < 4.78 is 37.4. The van der Waals surface area contributed by atoms with E-state index in [1.165, 1.54) is 0 Å². The topological polar surface area (TPSA) is 348 Å². The van der Waals surface area contributed by atoms with Crippen molar-refractivity contribution in [3.8, 4) is 0 Å². The third kappa shape index (κ3) is 7.59. The lowest BCUT2D eigenvalue weighted by Gasteiger charge is -2.48. The molecule has 0 aromatic rings. The van der Waals surface area contributed by atoms with Crippen molar-refractivity contribution >= 4 is 0 Å². The summed E-state index contributed by atoms with van der Waals surface area (Å²) in [5.41, 5.74) is 0. The summed E-state index contributed by atoms with van der Waals surface area (Å²) >= 11 is 0. The third-order valence-electron chi connectivity index (χ3n) is 8.19. The van der Waals surface area contributed by atoms with Crippen LogP contribution in [0.5, 0.6) is 0 Å². The minimum atomic E-state index is -2.04. The van der Waals surface area contributed by atoms with E-state index in [-0.39, 0.29) is 0 Å². The SMILES string of the molecule is OC[C@H]1O[C@H](OC[C@H]2OC(O)[C@H](O)[C@@H](O[C@H]3O[C@H](CO)[C@@H](O)[C@H](O[C@H]4O[C@H](CO)[C@@H](O)[C@H](O)[C@H]4O)[C@H]3O)[C@@H]2O)[C@H](O)[C@@H](O)[C@@H]1O. The fraction of sp³-hybridized carbons (Fsp3) is 1.00. The molecule has 0 radical (unpaired) electrons. The molecule has 4 fully saturated rings. The maximum absolute atomic E-state index is 11.0. The number of rotatable bonds is 10. The van der Waals surface area contributed by atoms with Gasteiger partial charge in [0.25, 0.3) is 0 Å². The molecule has 0 aliphatic carbocycles. The average Bonchev–Trinajstić information content (AvgIpc) is 3.02. The molecule has 0 aromatic heterocycles. The Morgan fingerprint density at radius 1 is 0.378 bits per heavy atom. The molecule has 4 rings (SSSR count). The van der Waals surface area contributed by atoms with Crippen molar-refractivity contribution in [2.75, 3.05) is 26.4 Å². The van der Waals surface area contributed by atoms with Crippen molar-refractivity contribution in [2.45, 2.75) is 123 Å². The first kappa shape index (κ1) is 37.0. The highest BCUT2D eigenvalue weighted by Gasteiger charge is 2.54. The van der Waals surface area contributed by atoms with Crippen LogP contribution in [0.25, 0.3) is 0 Å². The number of hydrogen-bond donors (Lipinski definition) is 14. The van der Waals surface area contributed by atoms with Gasteiger partial charge in [0.2, 0.25) is 0 Å². The molecule has 264 valence electrons. The lowest BCUT2D eigenvalue weighted by Crippen LogP contribution is -2.67. The predicted octanol–water partition coefficient (Wildman–Crippen LogP) is -9.75. The maximum atomic E-state index is 11.0. The molecule has 21 nitrogen and oxygen atoms in total. The lowest BCUT2D eigenvalue weighted by atomic mass is 9.96. The van der Waals surface area contributed by atoms with E-state index in [1.807, 2.05) is 0 Å². The molecule has 0 aromatic carbocycles. The van der Waals surface area contributed by atoms with E-state index in [4.69, 9.17) is 33.2 Å². The van der Waals surface area contributed by atoms with Crippen LogP contribution >= 0.6 is 0 Å². The Morgan fingerprint density at radius 3 is 1.29 bits per heavy atom. The van der Waals surface area contributed by atoms with Gasteiger partial charge in [0, 0.05) is 0 Å². The van der Waals surface area contributed by atoms with E-state index in [9.17, 15) is 71.5 Å². The second-order valence-corrected chi connectivity index (χ2v) is 11.2. The van der Waals surface area contributed by atoms with E-state index in [2.05, 4.69) is 0 Å². The van der Waals surface area contributed by atoms with Crippen LogP contribution in [0.15, 0.2) is 0 Å². The van der Waals surface area contributed by atoms with Crippen LogP contribution in [0.1, 0.15) is 0 Å². The minimum absolute atomic E-state index is 0.692. The van der Waals surface area contributed by atoms with Crippen molar-refractivity contribution < 1.29 is 105 Å². The molecule has 20 atom stereocenters. The van der Waals surface area contributed by atoms with E-state index in [1.54, 1.807) is 0 Å². The van der Waals surface area contributed by atoms with Crippen LogP contribution < -0.4 is 0 Å². The highest BCUT2D eigenvalue weighted by molar-refractivity contribution is 4.97. The van der Waals surface area contributed by atoms with Gasteiger partial charge < -0.3 is 105 Å². The third-order valence-corrected chi connectivity index (χ3v) is 8.19. The monoisotopic (exact) mass is 666 g/mol. The van der Waals surface area contributed by atoms with Gasteiger partial charge in [-0.05, 0) is 0 Å². The van der Waals surface area contributed by atoms with Gasteiger partial charge in [-0.1, -0.05) is 0 Å². The van der Waals surface area contributed by atoms with Gasteiger partial charge in [-0.2, -0.15) is 0 Å². The molecule has 4 aliphatic rings. The normalized spacial score (nSPS) is 52.9. The quantitative estimate of drug-likeness (QED) is 0.103. The molecule has 45 heavy (non-hydrogen) atoms. The standard InChI is InChI=1S/C24H42O21/c25-1-5-9(28)13(32)15(34)22(41-5)39-4-8-12(31)19(17(36)21(38)40-8)44-24-18(37)20(11(30)7(3-27)43-24)45-23-16(35)14(33)10(29)6(2-26)42-23/h5-38H,1-4H2/t5-,6-,7-,8-,9-,10-,11-,12-,13+,14+,15-,16-,17-,18-,19+,20+,21?,22+,23-,24-/m1/s1. The molecule has 4 aliphatic heterocycles. The molecule has 21 heteroatoms. The lowest BCUT2D eigenvalue weighted by molar-refractivity contribution is -0.381. The summed E-state index contributed by atoms with van der Waals surface area (Å²) in [6.45, 7) is -3.14. The number of aliphatic hydroxyl groups is 14. The summed E-state index contributed by atoms with van der Waals surface area (Å²) in [7, 11) is 0. The van der Waals surface area contributed by atoms with Crippen LogP contribution in [0, 0.1) is 0 Å². The van der Waals surface area contributed by atoms with Crippen LogP contribution in [0.3, 0.4) is 0 Å². The Labute approximate surface area is 254 Å². The van der Waals surface area contributed by atoms with E-state index < -0.39 is 149 Å². The van der Waals surface area contributed by atoms with Crippen molar-refractivity contribution in [2.24, 2.45) is 0 Å². The average molecular weight is 667 g/mol. The highest BCUT2D eigenvalue weighted by atomic mass is 16.8. The van der Waals surface area contributed by atoms with E-state index in [0.717, 1.165) is 0 Å². The molecule has 1 unspecified atom stereocenters. The Bertz CT molecular complexity index is 914. The van der Waals surface area contributed by atoms with Gasteiger partial charge in [-0.15, -0.1) is 0 Å². The van der Waals surface area contributed by atoms with Crippen LogP contribution in [-0.4, -0.2) is 221 Å². The highest BCUT2D eigenvalue weighted by Crippen LogP contribution is 2.33. The first-order chi connectivity index (χ1) is 21.2. The number of aliphatic hydroxyl groups excluding tert-OH is 14. The van der Waals surface area contributed by atoms with E-state index in [0.29, 0.717) is 0 Å². The fourth-order valence-electron chi connectivity index (χ4n) is 5.43. The molecule has 14 N–H and O–H groups in total. The van der Waals surface area contributed by atoms with E-state index >= 15 is 0 Å². The molecule has 0 spiro atoms. The molecule has 0 bridgehead atoms. The second-order valence-electron chi connectivity index (χ2n) is 11.2. The fourth-order valence-corrected chi connectivity index (χ4v) is 5.43.